The molecule has 26 heavy (non-hydrogen) atoms. The molecule has 0 saturated carbocycles. The van der Waals surface area contributed by atoms with Crippen LogP contribution in [0.15, 0.2) is 36.9 Å². The SMILES string of the molecule is CC(C)Oc1ccn2c(-c3cncc(N[C@H]4CNC[C@@H]4F)n3)cnc2c1. The number of imidazole rings is 1. The molecule has 4 heterocycles. The van der Waals surface area contributed by atoms with Crippen LogP contribution < -0.4 is 15.4 Å². The van der Waals surface area contributed by atoms with E-state index in [0.717, 1.165) is 17.1 Å². The lowest BCUT2D eigenvalue weighted by atomic mass is 10.2. The fourth-order valence-corrected chi connectivity index (χ4v) is 3.03. The van der Waals surface area contributed by atoms with Gasteiger partial charge in [0.05, 0.1) is 36.4 Å². The van der Waals surface area contributed by atoms with E-state index >= 15 is 0 Å². The number of ether oxygens (including phenoxy) is 1. The summed E-state index contributed by atoms with van der Waals surface area (Å²) >= 11 is 0. The molecule has 0 unspecified atom stereocenters. The van der Waals surface area contributed by atoms with E-state index in [-0.39, 0.29) is 12.1 Å². The average Bonchev–Trinajstić information content (AvgIpc) is 3.21. The molecular weight excluding hydrogens is 335 g/mol. The Bertz CT molecular complexity index is 912. The van der Waals surface area contributed by atoms with Crippen molar-refractivity contribution in [3.05, 3.63) is 36.9 Å². The Hall–Kier alpha value is -2.74. The van der Waals surface area contributed by atoms with Crippen LogP contribution in [0.25, 0.3) is 17.0 Å². The van der Waals surface area contributed by atoms with E-state index in [0.29, 0.717) is 24.6 Å². The van der Waals surface area contributed by atoms with Crippen molar-refractivity contribution in [1.29, 1.82) is 0 Å². The highest BCUT2D eigenvalue weighted by atomic mass is 19.1. The molecule has 3 aromatic heterocycles. The fourth-order valence-electron chi connectivity index (χ4n) is 3.03. The second kappa shape index (κ2) is 6.87. The number of nitrogens with zero attached hydrogens (tertiary/aromatic N) is 4. The minimum atomic E-state index is -0.935. The molecule has 3 aromatic rings. The normalized spacial score (nSPS) is 20.0. The van der Waals surface area contributed by atoms with Gasteiger partial charge in [0.1, 0.15) is 29.1 Å². The van der Waals surface area contributed by atoms with Gasteiger partial charge in [0, 0.05) is 25.4 Å². The molecule has 0 aromatic carbocycles. The van der Waals surface area contributed by atoms with E-state index in [4.69, 9.17) is 4.74 Å². The van der Waals surface area contributed by atoms with E-state index in [1.807, 2.05) is 36.6 Å². The predicted molar refractivity (Wildman–Crippen MR) is 97.2 cm³/mol. The first-order valence-corrected chi connectivity index (χ1v) is 8.67. The first-order valence-electron chi connectivity index (χ1n) is 8.67. The van der Waals surface area contributed by atoms with Crippen molar-refractivity contribution in [3.8, 4) is 17.1 Å². The zero-order valence-corrected chi connectivity index (χ0v) is 14.7. The zero-order chi connectivity index (χ0) is 18.1. The summed E-state index contributed by atoms with van der Waals surface area (Å²) in [5, 5.41) is 6.13. The van der Waals surface area contributed by atoms with Gasteiger partial charge in [-0.2, -0.15) is 0 Å². The lowest BCUT2D eigenvalue weighted by Gasteiger charge is -2.14. The second-order valence-electron chi connectivity index (χ2n) is 6.62. The molecule has 0 aliphatic carbocycles. The van der Waals surface area contributed by atoms with Crippen LogP contribution >= 0.6 is 0 Å². The quantitative estimate of drug-likeness (QED) is 0.731. The van der Waals surface area contributed by atoms with Crippen LogP contribution in [-0.2, 0) is 0 Å². The van der Waals surface area contributed by atoms with Crippen molar-refractivity contribution < 1.29 is 9.13 Å². The van der Waals surface area contributed by atoms with Crippen LogP contribution in [0.2, 0.25) is 0 Å². The summed E-state index contributed by atoms with van der Waals surface area (Å²) in [4.78, 5) is 13.2. The average molecular weight is 356 g/mol. The van der Waals surface area contributed by atoms with Crippen molar-refractivity contribution in [2.45, 2.75) is 32.2 Å². The maximum Gasteiger partial charge on any atom is 0.145 e. The van der Waals surface area contributed by atoms with Gasteiger partial charge in [-0.05, 0) is 19.9 Å². The first kappa shape index (κ1) is 16.7. The van der Waals surface area contributed by atoms with Crippen molar-refractivity contribution in [3.63, 3.8) is 0 Å². The van der Waals surface area contributed by atoms with Gasteiger partial charge in [-0.15, -0.1) is 0 Å². The lowest BCUT2D eigenvalue weighted by molar-refractivity contribution is 0.242. The maximum absolute atomic E-state index is 13.8. The Kier molecular flexibility index (Phi) is 4.42. The number of pyridine rings is 1. The van der Waals surface area contributed by atoms with Crippen LogP contribution in [-0.4, -0.2) is 50.8 Å². The Morgan fingerprint density at radius 2 is 2.19 bits per heavy atom. The molecule has 7 nitrogen and oxygen atoms in total. The fraction of sp³-hybridized carbons (Fsp3) is 0.389. The van der Waals surface area contributed by atoms with Gasteiger partial charge in [-0.1, -0.05) is 0 Å². The largest absolute Gasteiger partial charge is 0.491 e. The standard InChI is InChI=1S/C18H21FN6O/c1-11(2)26-12-3-4-25-16(9-22-18(25)5-12)15-8-21-10-17(24-15)23-14-7-20-6-13(14)19/h3-5,8-11,13-14,20H,6-7H2,1-2H3,(H,23,24)/t13-,14-/m0/s1. The van der Waals surface area contributed by atoms with Crippen molar-refractivity contribution in [1.82, 2.24) is 24.7 Å². The topological polar surface area (TPSA) is 76.4 Å². The molecule has 1 aliphatic rings. The molecule has 2 atom stereocenters. The van der Waals surface area contributed by atoms with Gasteiger partial charge in [0.2, 0.25) is 0 Å². The molecule has 0 amide bonds. The minimum absolute atomic E-state index is 0.102. The molecule has 1 saturated heterocycles. The summed E-state index contributed by atoms with van der Waals surface area (Å²) in [6.07, 6.45) is 6.09. The van der Waals surface area contributed by atoms with E-state index in [9.17, 15) is 4.39 Å². The number of hydrogen-bond acceptors (Lipinski definition) is 6. The Labute approximate surface area is 150 Å². The Morgan fingerprint density at radius 1 is 1.31 bits per heavy atom. The number of aromatic nitrogens is 4. The highest BCUT2D eigenvalue weighted by Gasteiger charge is 2.26. The van der Waals surface area contributed by atoms with E-state index in [1.54, 1.807) is 18.6 Å². The third-order valence-electron chi connectivity index (χ3n) is 4.23. The van der Waals surface area contributed by atoms with Crippen molar-refractivity contribution in [2.24, 2.45) is 0 Å². The molecule has 136 valence electrons. The first-order chi connectivity index (χ1) is 12.6. The van der Waals surface area contributed by atoms with E-state index < -0.39 is 6.17 Å². The Morgan fingerprint density at radius 3 is 2.96 bits per heavy atom. The van der Waals surface area contributed by atoms with Gasteiger partial charge < -0.3 is 15.4 Å². The van der Waals surface area contributed by atoms with Crippen molar-refractivity contribution >= 4 is 11.5 Å². The molecule has 0 bridgehead atoms. The number of nitrogens with one attached hydrogen (secondary N) is 2. The van der Waals surface area contributed by atoms with Crippen LogP contribution in [0.4, 0.5) is 10.2 Å². The molecule has 0 spiro atoms. The molecule has 4 rings (SSSR count). The van der Waals surface area contributed by atoms with Crippen LogP contribution in [0.3, 0.4) is 0 Å². The van der Waals surface area contributed by atoms with Crippen LogP contribution in [0.5, 0.6) is 5.75 Å². The van der Waals surface area contributed by atoms with Gasteiger partial charge in [0.25, 0.3) is 0 Å². The predicted octanol–water partition coefficient (Wildman–Crippen LogP) is 2.30. The number of anilines is 1. The summed E-state index contributed by atoms with van der Waals surface area (Å²) in [7, 11) is 0. The third kappa shape index (κ3) is 3.32. The maximum atomic E-state index is 13.8. The van der Waals surface area contributed by atoms with Gasteiger partial charge in [0.15, 0.2) is 0 Å². The summed E-state index contributed by atoms with van der Waals surface area (Å²) in [6.45, 7) is 4.90. The van der Waals surface area contributed by atoms with E-state index in [2.05, 4.69) is 25.6 Å². The monoisotopic (exact) mass is 356 g/mol. The molecular formula is C18H21FN6O. The van der Waals surface area contributed by atoms with Crippen molar-refractivity contribution in [2.75, 3.05) is 18.4 Å². The Balaban J connectivity index is 1.62. The summed E-state index contributed by atoms with van der Waals surface area (Å²) in [6, 6.07) is 3.49. The third-order valence-corrected chi connectivity index (χ3v) is 4.23. The summed E-state index contributed by atoms with van der Waals surface area (Å²) < 4.78 is 21.4. The molecule has 2 N–H and O–H groups in total. The summed E-state index contributed by atoms with van der Waals surface area (Å²) in [5.74, 6) is 1.32. The molecule has 8 heteroatoms. The molecule has 0 radical (unpaired) electrons. The number of halogens is 1. The molecule has 1 aliphatic heterocycles. The second-order valence-corrected chi connectivity index (χ2v) is 6.62. The number of hydrogen-bond donors (Lipinski definition) is 2. The zero-order valence-electron chi connectivity index (χ0n) is 14.7. The van der Waals surface area contributed by atoms with Crippen LogP contribution in [0, 0.1) is 0 Å². The van der Waals surface area contributed by atoms with Gasteiger partial charge in [-0.3, -0.25) is 9.38 Å². The van der Waals surface area contributed by atoms with E-state index in [1.165, 1.54) is 0 Å². The minimum Gasteiger partial charge on any atom is -0.491 e. The highest BCUT2D eigenvalue weighted by molar-refractivity contribution is 5.61. The number of rotatable bonds is 5. The number of alkyl halides is 1. The van der Waals surface area contributed by atoms with Gasteiger partial charge in [-0.25, -0.2) is 14.4 Å². The van der Waals surface area contributed by atoms with Gasteiger partial charge >= 0.3 is 0 Å². The smallest absolute Gasteiger partial charge is 0.145 e. The molecule has 1 fully saturated rings. The van der Waals surface area contributed by atoms with Crippen LogP contribution in [0.1, 0.15) is 13.8 Å². The number of fused-ring (bicyclic) bond motifs is 1. The lowest BCUT2D eigenvalue weighted by Crippen LogP contribution is -2.29. The summed E-state index contributed by atoms with van der Waals surface area (Å²) in [5.41, 5.74) is 2.25. The highest BCUT2D eigenvalue weighted by Crippen LogP contribution is 2.23.